The van der Waals surface area contributed by atoms with Gasteiger partial charge in [-0.1, -0.05) is 36.4 Å². The van der Waals surface area contributed by atoms with E-state index in [9.17, 15) is 9.59 Å². The molecule has 1 aliphatic rings. The summed E-state index contributed by atoms with van der Waals surface area (Å²) in [5.41, 5.74) is 13.0. The number of rotatable bonds is 10. The number of methoxy groups -OCH3 is 1. The summed E-state index contributed by atoms with van der Waals surface area (Å²) < 4.78 is 9.30. The van der Waals surface area contributed by atoms with Gasteiger partial charge in [0.15, 0.2) is 0 Å². The molecule has 2 aromatic heterocycles. The van der Waals surface area contributed by atoms with E-state index in [0.29, 0.717) is 26.0 Å². The van der Waals surface area contributed by atoms with E-state index in [1.807, 2.05) is 60.4 Å². The normalized spacial score (nSPS) is 16.3. The van der Waals surface area contributed by atoms with Crippen LogP contribution in [0.3, 0.4) is 0 Å². The van der Waals surface area contributed by atoms with E-state index in [1.54, 1.807) is 11.7 Å². The zero-order valence-electron chi connectivity index (χ0n) is 25.0. The van der Waals surface area contributed by atoms with Crippen LogP contribution in [0.15, 0.2) is 71.5 Å². The summed E-state index contributed by atoms with van der Waals surface area (Å²) in [5, 5.41) is 0. The topological polar surface area (TPSA) is 111 Å². The van der Waals surface area contributed by atoms with Gasteiger partial charge in [0.2, 0.25) is 5.91 Å². The number of H-pyrrole nitrogens is 1. The number of fused-ring (bicyclic) bond motifs is 2. The first-order valence-electron chi connectivity index (χ1n) is 15.2. The van der Waals surface area contributed by atoms with Gasteiger partial charge in [0.1, 0.15) is 5.82 Å². The smallest absolute Gasteiger partial charge is 0.331 e. The van der Waals surface area contributed by atoms with Crippen molar-refractivity contribution in [3.05, 3.63) is 94.2 Å². The van der Waals surface area contributed by atoms with Crippen LogP contribution >= 0.6 is 0 Å². The molecule has 0 unspecified atom stereocenters. The molecule has 0 spiro atoms. The highest BCUT2D eigenvalue weighted by atomic mass is 16.5. The molecule has 1 amide bonds. The number of ether oxygens (including phenoxy) is 1. The van der Waals surface area contributed by atoms with Crippen molar-refractivity contribution in [2.45, 2.75) is 57.5 Å². The molecule has 0 aliphatic carbocycles. The number of hydrogen-bond acceptors (Lipinski definition) is 5. The number of aryl methyl sites for hydroxylation is 2. The van der Waals surface area contributed by atoms with Gasteiger partial charge in [0.05, 0.1) is 27.8 Å². The summed E-state index contributed by atoms with van der Waals surface area (Å²) in [5.74, 6) is 1.34. The van der Waals surface area contributed by atoms with Crippen molar-refractivity contribution in [2.75, 3.05) is 26.8 Å². The van der Waals surface area contributed by atoms with Crippen LogP contribution < -0.4 is 11.4 Å². The molecular formula is C34H40N6O3. The Labute approximate surface area is 251 Å². The van der Waals surface area contributed by atoms with Crippen LogP contribution in [0.1, 0.15) is 48.6 Å². The van der Waals surface area contributed by atoms with Crippen molar-refractivity contribution in [3.8, 4) is 5.69 Å². The molecule has 1 aliphatic heterocycles. The predicted molar refractivity (Wildman–Crippen MR) is 170 cm³/mol. The number of para-hydroxylation sites is 3. The van der Waals surface area contributed by atoms with Crippen LogP contribution in [0.4, 0.5) is 0 Å². The van der Waals surface area contributed by atoms with Gasteiger partial charge in [-0.25, -0.2) is 9.78 Å². The van der Waals surface area contributed by atoms with Crippen molar-refractivity contribution in [1.29, 1.82) is 0 Å². The zero-order chi connectivity index (χ0) is 29.9. The van der Waals surface area contributed by atoms with Crippen LogP contribution in [0, 0.1) is 6.92 Å². The Hall–Kier alpha value is -4.21. The van der Waals surface area contributed by atoms with E-state index in [2.05, 4.69) is 27.8 Å². The third-order valence-electron chi connectivity index (χ3n) is 8.61. The summed E-state index contributed by atoms with van der Waals surface area (Å²) in [6, 6.07) is 21.7. The minimum absolute atomic E-state index is 0.0941. The Morgan fingerprint density at radius 3 is 2.70 bits per heavy atom. The average molecular weight is 581 g/mol. The lowest BCUT2D eigenvalue weighted by Gasteiger charge is -2.33. The summed E-state index contributed by atoms with van der Waals surface area (Å²) >= 11 is 0. The molecule has 9 nitrogen and oxygen atoms in total. The number of hydrogen-bond donors (Lipinski definition) is 2. The molecule has 224 valence electrons. The number of imidazole rings is 2. The second-order valence-electron chi connectivity index (χ2n) is 11.7. The number of aromatic amines is 1. The van der Waals surface area contributed by atoms with E-state index < -0.39 is 0 Å². The number of likely N-dealkylation sites (tertiary alicyclic amines) is 1. The van der Waals surface area contributed by atoms with Gasteiger partial charge in [-0.15, -0.1) is 0 Å². The third-order valence-corrected chi connectivity index (χ3v) is 8.61. The first-order valence-corrected chi connectivity index (χ1v) is 15.2. The fourth-order valence-corrected chi connectivity index (χ4v) is 6.46. The number of nitrogens with zero attached hydrogens (tertiary/aromatic N) is 4. The highest BCUT2D eigenvalue weighted by Crippen LogP contribution is 2.30. The lowest BCUT2D eigenvalue weighted by Crippen LogP contribution is -2.42. The Balaban J connectivity index is 1.10. The molecule has 0 radical (unpaired) electrons. The monoisotopic (exact) mass is 580 g/mol. The SMILES string of the molecule is COCCCn1c([C@@H]2CCCN(C(=O)C[C@H](N)Cc3ccc(-n4c(=O)[nH]c5c(C)cccc54)cc3)C2)nc2ccccc21. The highest BCUT2D eigenvalue weighted by molar-refractivity contribution is 5.80. The summed E-state index contributed by atoms with van der Waals surface area (Å²) in [4.78, 5) is 36.1. The van der Waals surface area contributed by atoms with Crippen LogP contribution in [0.5, 0.6) is 0 Å². The quantitative estimate of drug-likeness (QED) is 0.233. The van der Waals surface area contributed by atoms with Gasteiger partial charge < -0.3 is 24.9 Å². The minimum atomic E-state index is -0.296. The van der Waals surface area contributed by atoms with Crippen molar-refractivity contribution in [1.82, 2.24) is 24.0 Å². The molecule has 3 heterocycles. The molecule has 0 bridgehead atoms. The summed E-state index contributed by atoms with van der Waals surface area (Å²) in [6.07, 6.45) is 3.74. The number of benzene rings is 3. The molecular weight excluding hydrogens is 540 g/mol. The number of aromatic nitrogens is 4. The maximum atomic E-state index is 13.4. The largest absolute Gasteiger partial charge is 0.385 e. The molecule has 1 saturated heterocycles. The number of nitrogens with two attached hydrogens (primary N) is 1. The van der Waals surface area contributed by atoms with Crippen LogP contribution in [-0.2, 0) is 22.5 Å². The molecule has 3 N–H and O–H groups in total. The van der Waals surface area contributed by atoms with Gasteiger partial charge in [0.25, 0.3) is 0 Å². The van der Waals surface area contributed by atoms with E-state index in [-0.39, 0.29) is 23.6 Å². The molecule has 2 atom stereocenters. The third kappa shape index (κ3) is 6.00. The Morgan fingerprint density at radius 1 is 1.09 bits per heavy atom. The van der Waals surface area contributed by atoms with Crippen molar-refractivity contribution < 1.29 is 9.53 Å². The Kier molecular flexibility index (Phi) is 8.44. The predicted octanol–water partition coefficient (Wildman–Crippen LogP) is 4.68. The lowest BCUT2D eigenvalue weighted by atomic mass is 9.96. The average Bonchev–Trinajstić information content (AvgIpc) is 3.56. The summed E-state index contributed by atoms with van der Waals surface area (Å²) in [6.45, 7) is 4.93. The molecule has 3 aromatic carbocycles. The van der Waals surface area contributed by atoms with E-state index >= 15 is 0 Å². The van der Waals surface area contributed by atoms with Crippen LogP contribution in [0.25, 0.3) is 27.8 Å². The van der Waals surface area contributed by atoms with E-state index in [4.69, 9.17) is 15.5 Å². The maximum Gasteiger partial charge on any atom is 0.331 e. The fraction of sp³-hybridized carbons (Fsp3) is 0.382. The number of piperidine rings is 1. The minimum Gasteiger partial charge on any atom is -0.385 e. The number of amides is 1. The Morgan fingerprint density at radius 2 is 1.88 bits per heavy atom. The number of carbonyl (C=O) groups excluding carboxylic acids is 1. The van der Waals surface area contributed by atoms with Gasteiger partial charge in [0, 0.05) is 51.7 Å². The standard InChI is InChI=1S/C34H40N6O3/c1-23-8-5-12-30-32(23)37-34(42)40(30)27-15-13-24(14-16-27)20-26(35)21-31(41)38-17-6-9-25(22-38)33-36-28-10-3-4-11-29(28)39(33)18-7-19-43-2/h3-5,8,10-16,25-26H,6-7,9,17-22,35H2,1-2H3,(H,37,42)/t25-,26-/m1/s1. The van der Waals surface area contributed by atoms with Gasteiger partial charge >= 0.3 is 5.69 Å². The highest BCUT2D eigenvalue weighted by Gasteiger charge is 2.29. The first kappa shape index (κ1) is 28.9. The second kappa shape index (κ2) is 12.6. The number of carbonyl (C=O) groups is 1. The van der Waals surface area contributed by atoms with E-state index in [1.165, 1.54) is 0 Å². The molecule has 1 fully saturated rings. The summed E-state index contributed by atoms with van der Waals surface area (Å²) in [7, 11) is 1.73. The first-order chi connectivity index (χ1) is 20.9. The fourth-order valence-electron chi connectivity index (χ4n) is 6.46. The molecule has 43 heavy (non-hydrogen) atoms. The lowest BCUT2D eigenvalue weighted by molar-refractivity contribution is -0.132. The molecule has 5 aromatic rings. The molecule has 6 rings (SSSR count). The van der Waals surface area contributed by atoms with Crippen LogP contribution in [-0.4, -0.2) is 62.8 Å². The van der Waals surface area contributed by atoms with Gasteiger partial charge in [-0.05, 0) is 74.1 Å². The Bertz CT molecular complexity index is 1780. The zero-order valence-corrected chi connectivity index (χ0v) is 25.0. The van der Waals surface area contributed by atoms with Crippen LogP contribution in [0.2, 0.25) is 0 Å². The number of nitrogens with one attached hydrogen (secondary N) is 1. The second-order valence-corrected chi connectivity index (χ2v) is 11.7. The van der Waals surface area contributed by atoms with Gasteiger partial charge in [-0.2, -0.15) is 0 Å². The molecule has 9 heteroatoms. The van der Waals surface area contributed by atoms with Crippen molar-refractivity contribution in [2.24, 2.45) is 5.73 Å². The maximum absolute atomic E-state index is 13.4. The van der Waals surface area contributed by atoms with E-state index in [0.717, 1.165) is 77.1 Å². The molecule has 0 saturated carbocycles. The van der Waals surface area contributed by atoms with Gasteiger partial charge in [-0.3, -0.25) is 9.36 Å². The van der Waals surface area contributed by atoms with Crippen molar-refractivity contribution in [3.63, 3.8) is 0 Å². The van der Waals surface area contributed by atoms with Crippen molar-refractivity contribution >= 4 is 28.0 Å².